The topological polar surface area (TPSA) is 39.7 Å². The average Bonchev–Trinajstić information content (AvgIpc) is 3.15. The average molecular weight is 362 g/mol. The third-order valence-electron chi connectivity index (χ3n) is 4.32. The quantitative estimate of drug-likeness (QED) is 0.765. The molecule has 1 saturated heterocycles. The summed E-state index contributed by atoms with van der Waals surface area (Å²) in [6.07, 6.45) is 2.59. The Morgan fingerprint density at radius 2 is 2.00 bits per heavy atom. The van der Waals surface area contributed by atoms with E-state index in [1.54, 1.807) is 7.11 Å². The van der Waals surface area contributed by atoms with Gasteiger partial charge in [0.25, 0.3) is 0 Å². The van der Waals surface area contributed by atoms with Gasteiger partial charge in [-0.05, 0) is 25.0 Å². The molecule has 1 atom stereocenters. The highest BCUT2D eigenvalue weighted by atomic mass is 35.5. The summed E-state index contributed by atoms with van der Waals surface area (Å²) in [7, 11) is 1.65. The summed E-state index contributed by atoms with van der Waals surface area (Å²) >= 11 is 6.22. The van der Waals surface area contributed by atoms with Crippen molar-refractivity contribution in [3.8, 4) is 11.5 Å². The maximum Gasteiger partial charge on any atom is 0.166 e. The van der Waals surface area contributed by atoms with Gasteiger partial charge in [-0.2, -0.15) is 0 Å². The SMILES string of the molecule is COc1cccc(CNC[C@@H]2CCCO2)c1OCc1ccccc1Cl. The van der Waals surface area contributed by atoms with Crippen LogP contribution < -0.4 is 14.8 Å². The number of rotatable bonds is 8. The molecule has 134 valence electrons. The number of benzene rings is 2. The highest BCUT2D eigenvalue weighted by Gasteiger charge is 2.16. The lowest BCUT2D eigenvalue weighted by atomic mass is 10.1. The molecule has 25 heavy (non-hydrogen) atoms. The van der Waals surface area contributed by atoms with Crippen LogP contribution in [-0.2, 0) is 17.9 Å². The number of hydrogen-bond donors (Lipinski definition) is 1. The maximum absolute atomic E-state index is 6.22. The number of hydrogen-bond acceptors (Lipinski definition) is 4. The molecule has 1 N–H and O–H groups in total. The van der Waals surface area contributed by atoms with Crippen LogP contribution >= 0.6 is 11.6 Å². The van der Waals surface area contributed by atoms with Gasteiger partial charge in [0.15, 0.2) is 11.5 Å². The second-order valence-electron chi connectivity index (χ2n) is 6.09. The summed E-state index contributed by atoms with van der Waals surface area (Å²) in [4.78, 5) is 0. The zero-order valence-electron chi connectivity index (χ0n) is 14.5. The summed E-state index contributed by atoms with van der Waals surface area (Å²) in [5.74, 6) is 1.48. The number of ether oxygens (including phenoxy) is 3. The standard InChI is InChI=1S/C20H24ClNO3/c1-23-19-10-4-7-15(12-22-13-17-8-5-11-24-17)20(19)25-14-16-6-2-3-9-18(16)21/h2-4,6-7,9-10,17,22H,5,8,11-14H2,1H3/t17-/m0/s1. The van der Waals surface area contributed by atoms with Gasteiger partial charge in [0.1, 0.15) is 6.61 Å². The minimum atomic E-state index is 0.318. The summed E-state index contributed by atoms with van der Waals surface area (Å²) < 4.78 is 17.2. The normalized spacial score (nSPS) is 16.8. The van der Waals surface area contributed by atoms with Crippen molar-refractivity contribution in [2.45, 2.75) is 32.1 Å². The summed E-state index contributed by atoms with van der Waals surface area (Å²) in [6.45, 7) is 2.83. The molecule has 0 amide bonds. The van der Waals surface area contributed by atoms with Gasteiger partial charge in [-0.3, -0.25) is 0 Å². The molecule has 1 aliphatic heterocycles. The van der Waals surface area contributed by atoms with Crippen LogP contribution in [0.4, 0.5) is 0 Å². The minimum absolute atomic E-state index is 0.318. The molecule has 5 heteroatoms. The van der Waals surface area contributed by atoms with E-state index in [1.807, 2.05) is 42.5 Å². The van der Waals surface area contributed by atoms with Gasteiger partial charge >= 0.3 is 0 Å². The van der Waals surface area contributed by atoms with Crippen molar-refractivity contribution in [1.29, 1.82) is 0 Å². The van der Waals surface area contributed by atoms with Crippen LogP contribution in [0.15, 0.2) is 42.5 Å². The van der Waals surface area contributed by atoms with Gasteiger partial charge in [-0.1, -0.05) is 41.9 Å². The Kier molecular flexibility index (Phi) is 6.56. The molecule has 0 aliphatic carbocycles. The van der Waals surface area contributed by atoms with Crippen molar-refractivity contribution in [3.63, 3.8) is 0 Å². The minimum Gasteiger partial charge on any atom is -0.493 e. The predicted octanol–water partition coefficient (Wildman–Crippen LogP) is 4.20. The Labute approximate surface area is 154 Å². The maximum atomic E-state index is 6.22. The van der Waals surface area contributed by atoms with E-state index in [0.717, 1.165) is 48.6 Å². The van der Waals surface area contributed by atoms with Crippen molar-refractivity contribution in [2.24, 2.45) is 0 Å². The van der Waals surface area contributed by atoms with Crippen LogP contribution in [0.2, 0.25) is 5.02 Å². The lowest BCUT2D eigenvalue weighted by Crippen LogP contribution is -2.26. The van der Waals surface area contributed by atoms with E-state index in [0.29, 0.717) is 24.3 Å². The Hall–Kier alpha value is -1.75. The largest absolute Gasteiger partial charge is 0.493 e. The number of methoxy groups -OCH3 is 1. The Morgan fingerprint density at radius 3 is 2.76 bits per heavy atom. The number of halogens is 1. The summed E-state index contributed by atoms with van der Waals surface area (Å²) in [5, 5.41) is 4.16. The molecule has 1 aliphatic rings. The monoisotopic (exact) mass is 361 g/mol. The fourth-order valence-electron chi connectivity index (χ4n) is 2.96. The molecule has 1 fully saturated rings. The first-order valence-corrected chi connectivity index (χ1v) is 9.00. The number of nitrogens with one attached hydrogen (secondary N) is 1. The zero-order chi connectivity index (χ0) is 17.5. The van der Waals surface area contributed by atoms with E-state index < -0.39 is 0 Å². The van der Waals surface area contributed by atoms with Crippen LogP contribution in [-0.4, -0.2) is 26.4 Å². The van der Waals surface area contributed by atoms with Crippen LogP contribution in [0.25, 0.3) is 0 Å². The van der Waals surface area contributed by atoms with E-state index in [4.69, 9.17) is 25.8 Å². The van der Waals surface area contributed by atoms with E-state index in [2.05, 4.69) is 5.32 Å². The molecule has 4 nitrogen and oxygen atoms in total. The highest BCUT2D eigenvalue weighted by molar-refractivity contribution is 6.31. The molecule has 0 aromatic heterocycles. The van der Waals surface area contributed by atoms with Gasteiger partial charge in [0.05, 0.1) is 13.2 Å². The van der Waals surface area contributed by atoms with Crippen molar-refractivity contribution < 1.29 is 14.2 Å². The van der Waals surface area contributed by atoms with Crippen LogP contribution in [0.5, 0.6) is 11.5 Å². The van der Waals surface area contributed by atoms with E-state index in [-0.39, 0.29) is 0 Å². The smallest absolute Gasteiger partial charge is 0.166 e. The molecule has 3 rings (SSSR count). The highest BCUT2D eigenvalue weighted by Crippen LogP contribution is 2.32. The molecule has 0 saturated carbocycles. The molecule has 2 aromatic carbocycles. The first kappa shape index (κ1) is 18.1. The van der Waals surface area contributed by atoms with Crippen molar-refractivity contribution in [3.05, 3.63) is 58.6 Å². The molecule has 0 bridgehead atoms. The van der Waals surface area contributed by atoms with Gasteiger partial charge in [-0.25, -0.2) is 0 Å². The molecular weight excluding hydrogens is 338 g/mol. The Balaban J connectivity index is 1.66. The Morgan fingerprint density at radius 1 is 1.16 bits per heavy atom. The molecule has 2 aromatic rings. The summed E-state index contributed by atoms with van der Waals surface area (Å²) in [6, 6.07) is 13.6. The van der Waals surface area contributed by atoms with Crippen molar-refractivity contribution in [2.75, 3.05) is 20.3 Å². The molecular formula is C20H24ClNO3. The van der Waals surface area contributed by atoms with E-state index >= 15 is 0 Å². The van der Waals surface area contributed by atoms with Gasteiger partial charge in [-0.15, -0.1) is 0 Å². The van der Waals surface area contributed by atoms with Crippen molar-refractivity contribution >= 4 is 11.6 Å². The zero-order valence-corrected chi connectivity index (χ0v) is 15.2. The third kappa shape index (κ3) is 4.88. The molecule has 0 unspecified atom stereocenters. The predicted molar refractivity (Wildman–Crippen MR) is 99.5 cm³/mol. The second-order valence-corrected chi connectivity index (χ2v) is 6.50. The van der Waals surface area contributed by atoms with Crippen LogP contribution in [0.1, 0.15) is 24.0 Å². The van der Waals surface area contributed by atoms with E-state index in [9.17, 15) is 0 Å². The second kappa shape index (κ2) is 9.09. The first-order valence-electron chi connectivity index (χ1n) is 8.62. The van der Waals surface area contributed by atoms with Crippen LogP contribution in [0, 0.1) is 0 Å². The molecule has 1 heterocycles. The fraction of sp³-hybridized carbons (Fsp3) is 0.400. The lowest BCUT2D eigenvalue weighted by Gasteiger charge is -2.17. The number of para-hydroxylation sites is 1. The van der Waals surface area contributed by atoms with Crippen LogP contribution in [0.3, 0.4) is 0 Å². The Bertz CT molecular complexity index is 686. The summed E-state index contributed by atoms with van der Waals surface area (Å²) in [5.41, 5.74) is 2.01. The van der Waals surface area contributed by atoms with Gasteiger partial charge < -0.3 is 19.5 Å². The van der Waals surface area contributed by atoms with Gasteiger partial charge in [0, 0.05) is 35.8 Å². The van der Waals surface area contributed by atoms with Crippen molar-refractivity contribution in [1.82, 2.24) is 5.32 Å². The third-order valence-corrected chi connectivity index (χ3v) is 4.69. The first-order chi connectivity index (χ1) is 12.3. The lowest BCUT2D eigenvalue weighted by molar-refractivity contribution is 0.110. The molecule has 0 radical (unpaired) electrons. The van der Waals surface area contributed by atoms with Gasteiger partial charge in [0.2, 0.25) is 0 Å². The van der Waals surface area contributed by atoms with E-state index in [1.165, 1.54) is 0 Å². The molecule has 0 spiro atoms. The fourth-order valence-corrected chi connectivity index (χ4v) is 3.15.